The molecule has 0 saturated heterocycles. The van der Waals surface area contributed by atoms with Gasteiger partial charge in [0.05, 0.1) is 11.5 Å². The molecule has 21 heavy (non-hydrogen) atoms. The van der Waals surface area contributed by atoms with E-state index in [1.54, 1.807) is 30.6 Å². The second kappa shape index (κ2) is 7.59. The molecule has 1 aromatic carbocycles. The first-order valence-electron chi connectivity index (χ1n) is 6.53. The Morgan fingerprint density at radius 3 is 2.62 bits per heavy atom. The quantitative estimate of drug-likeness (QED) is 0.833. The summed E-state index contributed by atoms with van der Waals surface area (Å²) in [4.78, 5) is 27.7. The van der Waals surface area contributed by atoms with E-state index in [4.69, 9.17) is 0 Å². The van der Waals surface area contributed by atoms with Gasteiger partial charge in [-0.2, -0.15) is 0 Å². The van der Waals surface area contributed by atoms with Crippen molar-refractivity contribution in [2.75, 3.05) is 16.8 Å². The lowest BCUT2D eigenvalue weighted by Gasteiger charge is -2.07. The molecule has 0 aliphatic rings. The van der Waals surface area contributed by atoms with Crippen molar-refractivity contribution in [3.8, 4) is 0 Å². The predicted molar refractivity (Wildman–Crippen MR) is 85.7 cm³/mol. The van der Waals surface area contributed by atoms with Gasteiger partial charge in [-0.25, -0.2) is 0 Å². The number of carbonyl (C=O) groups excluding carboxylic acids is 2. The minimum absolute atomic E-state index is 0.0356. The summed E-state index contributed by atoms with van der Waals surface area (Å²) in [6, 6.07) is 10.8. The van der Waals surface area contributed by atoms with Gasteiger partial charge in [-0.05, 0) is 18.6 Å². The van der Waals surface area contributed by atoms with Gasteiger partial charge in [0.2, 0.25) is 5.91 Å². The number of Topliss-reactive ketones (excluding diaryl/α,β-unsaturated/α-hetero) is 1. The monoisotopic (exact) mass is 300 g/mol. The highest BCUT2D eigenvalue weighted by molar-refractivity contribution is 8.00. The normalized spacial score (nSPS) is 10.1. The number of hydrogen-bond acceptors (Lipinski definition) is 4. The number of pyridine rings is 1. The summed E-state index contributed by atoms with van der Waals surface area (Å²) in [5.74, 6) is 0.469. The molecule has 2 aromatic rings. The van der Waals surface area contributed by atoms with Gasteiger partial charge >= 0.3 is 0 Å². The predicted octanol–water partition coefficient (Wildman–Crippen LogP) is 2.94. The number of thioether (sulfide) groups is 1. The maximum Gasteiger partial charge on any atom is 0.234 e. The molecule has 0 radical (unpaired) electrons. The fourth-order valence-corrected chi connectivity index (χ4v) is 2.46. The third kappa shape index (κ3) is 4.72. The molecule has 1 N–H and O–H groups in total. The van der Waals surface area contributed by atoms with Gasteiger partial charge in [0.15, 0.2) is 5.78 Å². The van der Waals surface area contributed by atoms with Gasteiger partial charge < -0.3 is 5.32 Å². The fourth-order valence-electron chi connectivity index (χ4n) is 1.74. The van der Waals surface area contributed by atoms with Crippen LogP contribution in [0.1, 0.15) is 15.9 Å². The third-order valence-electron chi connectivity index (χ3n) is 2.86. The summed E-state index contributed by atoms with van der Waals surface area (Å²) < 4.78 is 0. The first-order valence-corrected chi connectivity index (χ1v) is 7.69. The molecule has 0 bridgehead atoms. The number of aromatic nitrogens is 1. The van der Waals surface area contributed by atoms with E-state index in [0.717, 1.165) is 11.3 Å². The molecule has 108 valence electrons. The van der Waals surface area contributed by atoms with Crippen molar-refractivity contribution in [2.45, 2.75) is 6.92 Å². The standard InChI is InChI=1S/C16H16N2O2S/c1-12-9-17-8-7-14(12)18-16(20)11-21-10-15(19)13-5-3-2-4-6-13/h2-9H,10-11H2,1H3,(H,17,18,20). The summed E-state index contributed by atoms with van der Waals surface area (Å²) in [6.07, 6.45) is 3.33. The lowest BCUT2D eigenvalue weighted by Crippen LogP contribution is -2.16. The molecular weight excluding hydrogens is 284 g/mol. The number of nitrogens with zero attached hydrogens (tertiary/aromatic N) is 1. The number of ketones is 1. The molecule has 0 aliphatic heterocycles. The van der Waals surface area contributed by atoms with Crippen LogP contribution in [0.15, 0.2) is 48.8 Å². The number of amides is 1. The summed E-state index contributed by atoms with van der Waals surface area (Å²) in [6.45, 7) is 1.88. The first-order chi connectivity index (χ1) is 10.2. The van der Waals surface area contributed by atoms with Gasteiger partial charge in [-0.3, -0.25) is 14.6 Å². The Hall–Kier alpha value is -2.14. The molecule has 0 saturated carbocycles. The Kier molecular flexibility index (Phi) is 5.51. The highest BCUT2D eigenvalue weighted by atomic mass is 32.2. The maximum absolute atomic E-state index is 11.9. The Bertz CT molecular complexity index is 629. The van der Waals surface area contributed by atoms with E-state index in [2.05, 4.69) is 10.3 Å². The number of anilines is 1. The van der Waals surface area contributed by atoms with Crippen molar-refractivity contribution >= 4 is 29.1 Å². The lowest BCUT2D eigenvalue weighted by molar-refractivity contribution is -0.113. The first kappa shape index (κ1) is 15.3. The average Bonchev–Trinajstić information content (AvgIpc) is 2.50. The highest BCUT2D eigenvalue weighted by Crippen LogP contribution is 2.13. The van der Waals surface area contributed by atoms with Gasteiger partial charge in [0, 0.05) is 23.6 Å². The largest absolute Gasteiger partial charge is 0.325 e. The van der Waals surface area contributed by atoms with Crippen molar-refractivity contribution < 1.29 is 9.59 Å². The number of benzene rings is 1. The summed E-state index contributed by atoms with van der Waals surface area (Å²) in [5.41, 5.74) is 2.34. The van der Waals surface area contributed by atoms with E-state index in [0.29, 0.717) is 11.3 Å². The Balaban J connectivity index is 1.77. The number of hydrogen-bond donors (Lipinski definition) is 1. The van der Waals surface area contributed by atoms with Crippen LogP contribution in [0.3, 0.4) is 0 Å². The molecule has 0 aliphatic carbocycles. The zero-order valence-corrected chi connectivity index (χ0v) is 12.5. The van der Waals surface area contributed by atoms with Crippen LogP contribution in [-0.2, 0) is 4.79 Å². The molecule has 1 heterocycles. The molecule has 5 heteroatoms. The van der Waals surface area contributed by atoms with Crippen molar-refractivity contribution in [3.05, 3.63) is 59.9 Å². The van der Waals surface area contributed by atoms with E-state index < -0.39 is 0 Å². The van der Waals surface area contributed by atoms with Crippen LogP contribution < -0.4 is 5.32 Å². The minimum atomic E-state index is -0.116. The van der Waals surface area contributed by atoms with Gasteiger partial charge in [0.25, 0.3) is 0 Å². The smallest absolute Gasteiger partial charge is 0.234 e. The zero-order chi connectivity index (χ0) is 15.1. The van der Waals surface area contributed by atoms with Crippen molar-refractivity contribution in [1.82, 2.24) is 4.98 Å². The molecule has 0 fully saturated rings. The van der Waals surface area contributed by atoms with E-state index in [-0.39, 0.29) is 17.4 Å². The topological polar surface area (TPSA) is 59.1 Å². The van der Waals surface area contributed by atoms with E-state index in [1.165, 1.54) is 11.8 Å². The number of rotatable bonds is 6. The van der Waals surface area contributed by atoms with Gasteiger partial charge in [-0.1, -0.05) is 30.3 Å². The second-order valence-electron chi connectivity index (χ2n) is 4.52. The highest BCUT2D eigenvalue weighted by Gasteiger charge is 2.08. The molecule has 0 spiro atoms. The molecule has 1 amide bonds. The van der Waals surface area contributed by atoms with Crippen LogP contribution in [0.2, 0.25) is 0 Å². The van der Waals surface area contributed by atoms with Crippen LogP contribution in [0.5, 0.6) is 0 Å². The van der Waals surface area contributed by atoms with Crippen molar-refractivity contribution in [2.24, 2.45) is 0 Å². The van der Waals surface area contributed by atoms with Crippen LogP contribution >= 0.6 is 11.8 Å². The van der Waals surface area contributed by atoms with Gasteiger partial charge in [-0.15, -0.1) is 11.8 Å². The van der Waals surface area contributed by atoms with Crippen LogP contribution in [0.25, 0.3) is 0 Å². The average molecular weight is 300 g/mol. The zero-order valence-electron chi connectivity index (χ0n) is 11.7. The number of carbonyl (C=O) groups is 2. The van der Waals surface area contributed by atoms with E-state index in [1.807, 2.05) is 25.1 Å². The molecule has 0 atom stereocenters. The Morgan fingerprint density at radius 2 is 1.90 bits per heavy atom. The lowest BCUT2D eigenvalue weighted by atomic mass is 10.2. The Morgan fingerprint density at radius 1 is 1.14 bits per heavy atom. The molecule has 0 unspecified atom stereocenters. The Labute approximate surface area is 128 Å². The molecule has 1 aromatic heterocycles. The van der Waals surface area contributed by atoms with E-state index in [9.17, 15) is 9.59 Å². The minimum Gasteiger partial charge on any atom is -0.325 e. The molecular formula is C16H16N2O2S. The third-order valence-corrected chi connectivity index (χ3v) is 3.79. The van der Waals surface area contributed by atoms with Gasteiger partial charge in [0.1, 0.15) is 0 Å². The SMILES string of the molecule is Cc1cnccc1NC(=O)CSCC(=O)c1ccccc1. The number of nitrogens with one attached hydrogen (secondary N) is 1. The van der Waals surface area contributed by atoms with Crippen LogP contribution in [0, 0.1) is 6.92 Å². The maximum atomic E-state index is 11.9. The van der Waals surface area contributed by atoms with Crippen molar-refractivity contribution in [3.63, 3.8) is 0 Å². The van der Waals surface area contributed by atoms with E-state index >= 15 is 0 Å². The van der Waals surface area contributed by atoms with Crippen molar-refractivity contribution in [1.29, 1.82) is 0 Å². The van der Waals surface area contributed by atoms with Crippen LogP contribution in [0.4, 0.5) is 5.69 Å². The summed E-state index contributed by atoms with van der Waals surface area (Å²) >= 11 is 1.31. The number of aryl methyl sites for hydroxylation is 1. The molecule has 2 rings (SSSR count). The summed E-state index contributed by atoms with van der Waals surface area (Å²) in [5, 5.41) is 2.81. The van der Waals surface area contributed by atoms with Crippen LogP contribution in [-0.4, -0.2) is 28.2 Å². The second-order valence-corrected chi connectivity index (χ2v) is 5.51. The molecule has 4 nitrogen and oxygen atoms in total. The fraction of sp³-hybridized carbons (Fsp3) is 0.188. The summed E-state index contributed by atoms with van der Waals surface area (Å²) in [7, 11) is 0.